The van der Waals surface area contributed by atoms with Gasteiger partial charge in [0.2, 0.25) is 0 Å². The lowest BCUT2D eigenvalue weighted by Gasteiger charge is -2.21. The molecule has 112 valence electrons. The van der Waals surface area contributed by atoms with Crippen LogP contribution in [0.4, 0.5) is 8.78 Å². The molecule has 0 saturated heterocycles. The van der Waals surface area contributed by atoms with Crippen molar-refractivity contribution in [2.24, 2.45) is 0 Å². The van der Waals surface area contributed by atoms with Gasteiger partial charge in [0.05, 0.1) is 7.11 Å². The minimum absolute atomic E-state index is 0.0660. The van der Waals surface area contributed by atoms with Gasteiger partial charge < -0.3 is 14.6 Å². The minimum atomic E-state index is -2.93. The Morgan fingerprint density at radius 3 is 2.55 bits per heavy atom. The van der Waals surface area contributed by atoms with Crippen LogP contribution in [0.25, 0.3) is 0 Å². The zero-order chi connectivity index (χ0) is 15.3. The third-order valence-electron chi connectivity index (χ3n) is 2.71. The Bertz CT molecular complexity index is 477. The van der Waals surface area contributed by atoms with E-state index in [9.17, 15) is 13.6 Å². The van der Waals surface area contributed by atoms with Crippen LogP contribution in [0.1, 0.15) is 19.4 Å². The van der Waals surface area contributed by atoms with Gasteiger partial charge in [-0.2, -0.15) is 8.78 Å². The van der Waals surface area contributed by atoms with E-state index in [-0.39, 0.29) is 18.0 Å². The predicted molar refractivity (Wildman–Crippen MR) is 68.2 cm³/mol. The molecule has 7 heteroatoms. The molecule has 0 bridgehead atoms. The SMILES string of the molecule is COc1cc(CNC(C)(C)C(=O)O)ccc1OC(F)F. The lowest BCUT2D eigenvalue weighted by Crippen LogP contribution is -2.46. The number of carbonyl (C=O) groups is 1. The van der Waals surface area contributed by atoms with Crippen molar-refractivity contribution in [2.45, 2.75) is 32.5 Å². The first-order valence-corrected chi connectivity index (χ1v) is 5.86. The van der Waals surface area contributed by atoms with E-state index in [2.05, 4.69) is 10.1 Å². The zero-order valence-electron chi connectivity index (χ0n) is 11.4. The molecular formula is C13H17F2NO4. The molecule has 0 heterocycles. The maximum atomic E-state index is 12.2. The first-order valence-electron chi connectivity index (χ1n) is 5.86. The normalized spacial score (nSPS) is 11.5. The Morgan fingerprint density at radius 2 is 2.05 bits per heavy atom. The van der Waals surface area contributed by atoms with Crippen LogP contribution in [-0.2, 0) is 11.3 Å². The van der Waals surface area contributed by atoms with Crippen LogP contribution in [0.3, 0.4) is 0 Å². The smallest absolute Gasteiger partial charge is 0.387 e. The van der Waals surface area contributed by atoms with Gasteiger partial charge in [-0.1, -0.05) is 6.07 Å². The van der Waals surface area contributed by atoms with Crippen LogP contribution >= 0.6 is 0 Å². The Balaban J connectivity index is 2.80. The summed E-state index contributed by atoms with van der Waals surface area (Å²) in [5, 5.41) is 11.8. The van der Waals surface area contributed by atoms with E-state index in [1.165, 1.54) is 33.1 Å². The average molecular weight is 289 g/mol. The number of methoxy groups -OCH3 is 1. The van der Waals surface area contributed by atoms with Crippen molar-refractivity contribution in [3.05, 3.63) is 23.8 Å². The molecule has 5 nitrogen and oxygen atoms in total. The van der Waals surface area contributed by atoms with Crippen LogP contribution in [0.5, 0.6) is 11.5 Å². The number of aliphatic carboxylic acids is 1. The number of benzene rings is 1. The quantitative estimate of drug-likeness (QED) is 0.806. The summed E-state index contributed by atoms with van der Waals surface area (Å²) in [4.78, 5) is 11.0. The summed E-state index contributed by atoms with van der Waals surface area (Å²) in [5.41, 5.74) is -0.399. The van der Waals surface area contributed by atoms with Crippen molar-refractivity contribution in [1.29, 1.82) is 0 Å². The Kier molecular flexibility index (Phi) is 5.26. The van der Waals surface area contributed by atoms with Gasteiger partial charge >= 0.3 is 12.6 Å². The Labute approximate surface area is 115 Å². The van der Waals surface area contributed by atoms with E-state index in [0.29, 0.717) is 5.56 Å². The van der Waals surface area contributed by atoms with E-state index in [1.807, 2.05) is 0 Å². The van der Waals surface area contributed by atoms with Crippen molar-refractivity contribution in [3.8, 4) is 11.5 Å². The molecule has 20 heavy (non-hydrogen) atoms. The molecule has 0 aliphatic carbocycles. The van der Waals surface area contributed by atoms with E-state index in [1.54, 1.807) is 6.07 Å². The number of rotatable bonds is 7. The third-order valence-corrected chi connectivity index (χ3v) is 2.71. The number of carboxylic acid groups (broad SMARTS) is 1. The number of hydrogen-bond donors (Lipinski definition) is 2. The summed E-state index contributed by atoms with van der Waals surface area (Å²) in [6.45, 7) is 0.380. The van der Waals surface area contributed by atoms with Crippen molar-refractivity contribution in [3.63, 3.8) is 0 Å². The number of ether oxygens (including phenoxy) is 2. The van der Waals surface area contributed by atoms with Crippen molar-refractivity contribution < 1.29 is 28.2 Å². The zero-order valence-corrected chi connectivity index (χ0v) is 11.4. The molecule has 0 fully saturated rings. The molecule has 0 aromatic heterocycles. The maximum Gasteiger partial charge on any atom is 0.387 e. The van der Waals surface area contributed by atoms with E-state index < -0.39 is 18.1 Å². The molecule has 1 rings (SSSR count). The molecule has 1 aromatic rings. The van der Waals surface area contributed by atoms with Crippen LogP contribution < -0.4 is 14.8 Å². The van der Waals surface area contributed by atoms with Gasteiger partial charge in [0.15, 0.2) is 11.5 Å². The molecule has 0 aliphatic heterocycles. The van der Waals surface area contributed by atoms with Gasteiger partial charge in [0, 0.05) is 6.54 Å². The number of carboxylic acids is 1. The van der Waals surface area contributed by atoms with Gasteiger partial charge in [0.25, 0.3) is 0 Å². The predicted octanol–water partition coefficient (Wildman–Crippen LogP) is 2.25. The van der Waals surface area contributed by atoms with E-state index >= 15 is 0 Å². The van der Waals surface area contributed by atoms with Gasteiger partial charge in [-0.05, 0) is 31.5 Å². The van der Waals surface area contributed by atoms with Gasteiger partial charge in [0.1, 0.15) is 5.54 Å². The highest BCUT2D eigenvalue weighted by atomic mass is 19.3. The maximum absolute atomic E-state index is 12.2. The molecule has 0 saturated carbocycles. The molecule has 1 aromatic carbocycles. The van der Waals surface area contributed by atoms with Crippen LogP contribution in [0.15, 0.2) is 18.2 Å². The lowest BCUT2D eigenvalue weighted by atomic mass is 10.1. The fourth-order valence-electron chi connectivity index (χ4n) is 1.41. The summed E-state index contributed by atoms with van der Waals surface area (Å²) in [5.74, 6) is -0.886. The number of halogens is 2. The first kappa shape index (κ1) is 16.2. The Hall–Kier alpha value is -1.89. The largest absolute Gasteiger partial charge is 0.493 e. The second-order valence-electron chi connectivity index (χ2n) is 4.65. The number of hydrogen-bond acceptors (Lipinski definition) is 4. The number of nitrogens with one attached hydrogen (secondary N) is 1. The van der Waals surface area contributed by atoms with E-state index in [0.717, 1.165) is 0 Å². The molecular weight excluding hydrogens is 272 g/mol. The second kappa shape index (κ2) is 6.51. The summed E-state index contributed by atoms with van der Waals surface area (Å²) in [6.07, 6.45) is 0. The van der Waals surface area contributed by atoms with Crippen LogP contribution in [0.2, 0.25) is 0 Å². The molecule has 0 spiro atoms. The monoisotopic (exact) mass is 289 g/mol. The highest BCUT2D eigenvalue weighted by molar-refractivity contribution is 5.77. The van der Waals surface area contributed by atoms with E-state index in [4.69, 9.17) is 9.84 Å². The highest BCUT2D eigenvalue weighted by Gasteiger charge is 2.26. The molecule has 0 radical (unpaired) electrons. The fourth-order valence-corrected chi connectivity index (χ4v) is 1.41. The standard InChI is InChI=1S/C13H17F2NO4/c1-13(2,11(17)18)16-7-8-4-5-9(20-12(14)15)10(6-8)19-3/h4-6,12,16H,7H2,1-3H3,(H,17,18). The summed E-state index contributed by atoms with van der Waals surface area (Å²) in [7, 11) is 1.34. The van der Waals surface area contributed by atoms with Crippen molar-refractivity contribution in [2.75, 3.05) is 7.11 Å². The van der Waals surface area contributed by atoms with Gasteiger partial charge in [-0.3, -0.25) is 10.1 Å². The average Bonchev–Trinajstić information content (AvgIpc) is 2.36. The van der Waals surface area contributed by atoms with Crippen molar-refractivity contribution in [1.82, 2.24) is 5.32 Å². The molecule has 0 aliphatic rings. The second-order valence-corrected chi connectivity index (χ2v) is 4.65. The molecule has 2 N–H and O–H groups in total. The van der Waals surface area contributed by atoms with Crippen LogP contribution in [0, 0.1) is 0 Å². The number of alkyl halides is 2. The molecule has 0 unspecified atom stereocenters. The summed E-state index contributed by atoms with van der Waals surface area (Å²) >= 11 is 0. The fraction of sp³-hybridized carbons (Fsp3) is 0.462. The first-order chi connectivity index (χ1) is 9.26. The minimum Gasteiger partial charge on any atom is -0.493 e. The van der Waals surface area contributed by atoms with Crippen molar-refractivity contribution >= 4 is 5.97 Å². The molecule has 0 atom stereocenters. The third kappa shape index (κ3) is 4.34. The van der Waals surface area contributed by atoms with Crippen LogP contribution in [-0.4, -0.2) is 30.3 Å². The lowest BCUT2D eigenvalue weighted by molar-refractivity contribution is -0.143. The topological polar surface area (TPSA) is 67.8 Å². The van der Waals surface area contributed by atoms with Gasteiger partial charge in [-0.15, -0.1) is 0 Å². The Morgan fingerprint density at radius 1 is 1.40 bits per heavy atom. The molecule has 0 amide bonds. The van der Waals surface area contributed by atoms with Gasteiger partial charge in [-0.25, -0.2) is 0 Å². The summed E-state index contributed by atoms with van der Waals surface area (Å²) in [6, 6.07) is 4.43. The highest BCUT2D eigenvalue weighted by Crippen LogP contribution is 2.29. The summed E-state index contributed by atoms with van der Waals surface area (Å²) < 4.78 is 33.6.